The molecule has 1 aromatic heterocycles. The lowest BCUT2D eigenvalue weighted by molar-refractivity contribution is 0.565. The van der Waals surface area contributed by atoms with Crippen LogP contribution in [-0.4, -0.2) is 19.4 Å². The summed E-state index contributed by atoms with van der Waals surface area (Å²) in [7, 11) is -3.71. The Balaban J connectivity index is 3.11. The number of nitrogens with one attached hydrogen (secondary N) is 1. The highest BCUT2D eigenvalue weighted by Crippen LogP contribution is 2.15. The molecule has 1 aromatic rings. The summed E-state index contributed by atoms with van der Waals surface area (Å²) in [6, 6.07) is 0.564. The quantitative estimate of drug-likeness (QED) is 0.831. The van der Waals surface area contributed by atoms with E-state index >= 15 is 0 Å². The monoisotopic (exact) mass is 252 g/mol. The van der Waals surface area contributed by atoms with E-state index in [1.165, 1.54) is 0 Å². The molecule has 0 amide bonds. The van der Waals surface area contributed by atoms with Crippen LogP contribution in [0.25, 0.3) is 0 Å². The van der Waals surface area contributed by atoms with E-state index in [4.69, 9.17) is 11.6 Å². The van der Waals surface area contributed by atoms with E-state index in [2.05, 4.69) is 9.71 Å². The van der Waals surface area contributed by atoms with Crippen molar-refractivity contribution in [1.82, 2.24) is 9.71 Å². The SMILES string of the molecule is CC(C)NS(=O)(=O)c1cnc(Cl)c(F)c1. The number of sulfonamides is 1. The number of halogens is 2. The van der Waals surface area contributed by atoms with Crippen molar-refractivity contribution in [2.24, 2.45) is 0 Å². The fourth-order valence-corrected chi connectivity index (χ4v) is 2.24. The van der Waals surface area contributed by atoms with Gasteiger partial charge in [0.15, 0.2) is 11.0 Å². The maximum absolute atomic E-state index is 13.0. The zero-order chi connectivity index (χ0) is 11.6. The summed E-state index contributed by atoms with van der Waals surface area (Å²) in [5, 5.41) is -0.349. The van der Waals surface area contributed by atoms with Crippen LogP contribution in [0.3, 0.4) is 0 Å². The number of hydrogen-bond donors (Lipinski definition) is 1. The van der Waals surface area contributed by atoms with Gasteiger partial charge in [-0.3, -0.25) is 0 Å². The minimum atomic E-state index is -3.71. The molecule has 1 heterocycles. The highest BCUT2D eigenvalue weighted by molar-refractivity contribution is 7.89. The van der Waals surface area contributed by atoms with Gasteiger partial charge in [-0.05, 0) is 19.9 Å². The van der Waals surface area contributed by atoms with Crippen LogP contribution in [0.2, 0.25) is 5.15 Å². The van der Waals surface area contributed by atoms with Crippen molar-refractivity contribution >= 4 is 21.6 Å². The van der Waals surface area contributed by atoms with Crippen molar-refractivity contribution in [1.29, 1.82) is 0 Å². The molecule has 0 fully saturated rings. The van der Waals surface area contributed by atoms with Gasteiger partial charge in [0.2, 0.25) is 10.0 Å². The maximum atomic E-state index is 13.0. The number of pyridine rings is 1. The minimum absolute atomic E-state index is 0.238. The van der Waals surface area contributed by atoms with Crippen LogP contribution in [0.5, 0.6) is 0 Å². The Bertz CT molecular complexity index is 462. The first-order valence-electron chi connectivity index (χ1n) is 4.16. The molecule has 1 rings (SSSR count). The molecular formula is C8H10ClFN2O2S. The van der Waals surface area contributed by atoms with E-state index in [1.54, 1.807) is 13.8 Å². The molecule has 84 valence electrons. The second kappa shape index (κ2) is 4.42. The lowest BCUT2D eigenvalue weighted by Crippen LogP contribution is -2.30. The van der Waals surface area contributed by atoms with Gasteiger partial charge >= 0.3 is 0 Å². The second-order valence-electron chi connectivity index (χ2n) is 3.22. The van der Waals surface area contributed by atoms with Crippen molar-refractivity contribution in [2.75, 3.05) is 0 Å². The third-order valence-electron chi connectivity index (χ3n) is 1.47. The van der Waals surface area contributed by atoms with Gasteiger partial charge in [-0.15, -0.1) is 0 Å². The van der Waals surface area contributed by atoms with Crippen LogP contribution in [0.1, 0.15) is 13.8 Å². The van der Waals surface area contributed by atoms with Crippen molar-refractivity contribution in [3.63, 3.8) is 0 Å². The fraction of sp³-hybridized carbons (Fsp3) is 0.375. The van der Waals surface area contributed by atoms with E-state index in [9.17, 15) is 12.8 Å². The Morgan fingerprint density at radius 3 is 2.60 bits per heavy atom. The molecule has 0 aliphatic rings. The molecule has 0 atom stereocenters. The summed E-state index contributed by atoms with van der Waals surface area (Å²) in [4.78, 5) is 3.19. The van der Waals surface area contributed by atoms with Crippen molar-refractivity contribution in [2.45, 2.75) is 24.8 Å². The van der Waals surface area contributed by atoms with E-state index in [0.717, 1.165) is 12.3 Å². The molecule has 0 saturated carbocycles. The smallest absolute Gasteiger partial charge is 0.240 e. The predicted molar refractivity (Wildman–Crippen MR) is 54.7 cm³/mol. The van der Waals surface area contributed by atoms with Crippen LogP contribution >= 0.6 is 11.6 Å². The molecule has 15 heavy (non-hydrogen) atoms. The standard InChI is InChI=1S/C8H10ClFN2O2S/c1-5(2)12-15(13,14)6-3-7(10)8(9)11-4-6/h3-5,12H,1-2H3. The third-order valence-corrected chi connectivity index (χ3v) is 3.38. The van der Waals surface area contributed by atoms with Gasteiger partial charge in [-0.2, -0.15) is 0 Å². The molecule has 0 aliphatic heterocycles. The lowest BCUT2D eigenvalue weighted by atomic mass is 10.4. The summed E-state index contributed by atoms with van der Waals surface area (Å²) in [6.45, 7) is 3.33. The second-order valence-corrected chi connectivity index (χ2v) is 5.29. The van der Waals surface area contributed by atoms with E-state index in [1.807, 2.05) is 0 Å². The molecule has 0 aliphatic carbocycles. The van der Waals surface area contributed by atoms with E-state index in [-0.39, 0.29) is 16.1 Å². The van der Waals surface area contributed by atoms with Gasteiger partial charge in [0.25, 0.3) is 0 Å². The van der Waals surface area contributed by atoms with E-state index < -0.39 is 15.8 Å². The van der Waals surface area contributed by atoms with Crippen molar-refractivity contribution in [3.8, 4) is 0 Å². The fourth-order valence-electron chi connectivity index (χ4n) is 0.929. The first-order valence-corrected chi connectivity index (χ1v) is 6.02. The summed E-state index contributed by atoms with van der Waals surface area (Å²) in [5.41, 5.74) is 0. The van der Waals surface area contributed by atoms with Gasteiger partial charge in [0, 0.05) is 12.2 Å². The van der Waals surface area contributed by atoms with Gasteiger partial charge in [0.1, 0.15) is 4.90 Å². The van der Waals surface area contributed by atoms with Crippen LogP contribution in [0.4, 0.5) is 4.39 Å². The van der Waals surface area contributed by atoms with Gasteiger partial charge in [0.05, 0.1) is 0 Å². The maximum Gasteiger partial charge on any atom is 0.242 e. The normalized spacial score (nSPS) is 12.1. The van der Waals surface area contributed by atoms with Crippen LogP contribution in [-0.2, 0) is 10.0 Å². The topological polar surface area (TPSA) is 59.1 Å². The summed E-state index contributed by atoms with van der Waals surface area (Å²) in [5.74, 6) is -0.858. The molecule has 0 saturated heterocycles. The minimum Gasteiger partial charge on any atom is -0.240 e. The molecule has 0 bridgehead atoms. The molecule has 7 heteroatoms. The number of rotatable bonds is 3. The molecule has 0 spiro atoms. The average molecular weight is 253 g/mol. The van der Waals surface area contributed by atoms with Gasteiger partial charge in [-0.25, -0.2) is 22.5 Å². The first-order chi connectivity index (χ1) is 6.83. The zero-order valence-electron chi connectivity index (χ0n) is 8.16. The molecular weight excluding hydrogens is 243 g/mol. The summed E-state index contributed by atoms with van der Waals surface area (Å²) >= 11 is 5.34. The molecule has 0 aromatic carbocycles. The first kappa shape index (κ1) is 12.4. The highest BCUT2D eigenvalue weighted by atomic mass is 35.5. The predicted octanol–water partition coefficient (Wildman–Crippen LogP) is 1.56. The molecule has 1 N–H and O–H groups in total. The Morgan fingerprint density at radius 1 is 1.53 bits per heavy atom. The summed E-state index contributed by atoms with van der Waals surface area (Å²) in [6.07, 6.45) is 1.01. The highest BCUT2D eigenvalue weighted by Gasteiger charge is 2.17. The largest absolute Gasteiger partial charge is 0.242 e. The van der Waals surface area contributed by atoms with E-state index in [0.29, 0.717) is 0 Å². The Labute approximate surface area is 92.5 Å². The van der Waals surface area contributed by atoms with Gasteiger partial charge in [-0.1, -0.05) is 11.6 Å². The number of nitrogens with zero attached hydrogens (tertiary/aromatic N) is 1. The number of hydrogen-bond acceptors (Lipinski definition) is 3. The molecule has 0 unspecified atom stereocenters. The van der Waals surface area contributed by atoms with Crippen LogP contribution < -0.4 is 4.72 Å². The summed E-state index contributed by atoms with van der Waals surface area (Å²) < 4.78 is 38.4. The van der Waals surface area contributed by atoms with Crippen molar-refractivity contribution < 1.29 is 12.8 Å². The van der Waals surface area contributed by atoms with Crippen LogP contribution in [0, 0.1) is 5.82 Å². The lowest BCUT2D eigenvalue weighted by Gasteiger charge is -2.09. The number of aromatic nitrogens is 1. The van der Waals surface area contributed by atoms with Crippen molar-refractivity contribution in [3.05, 3.63) is 23.2 Å². The Morgan fingerprint density at radius 2 is 2.13 bits per heavy atom. The Hall–Kier alpha value is -0.720. The Kier molecular flexibility index (Phi) is 3.64. The zero-order valence-corrected chi connectivity index (χ0v) is 9.73. The average Bonchev–Trinajstić information content (AvgIpc) is 2.07. The molecule has 4 nitrogen and oxygen atoms in total. The van der Waals surface area contributed by atoms with Gasteiger partial charge < -0.3 is 0 Å². The van der Waals surface area contributed by atoms with Crippen LogP contribution in [0.15, 0.2) is 17.2 Å². The molecule has 0 radical (unpaired) electrons. The third kappa shape index (κ3) is 3.12.